The van der Waals surface area contributed by atoms with Gasteiger partial charge in [0, 0.05) is 18.5 Å². The van der Waals surface area contributed by atoms with Gasteiger partial charge in [-0.1, -0.05) is 52.0 Å². The van der Waals surface area contributed by atoms with Gasteiger partial charge in [-0.25, -0.2) is 0 Å². The monoisotopic (exact) mass is 262 g/mol. The van der Waals surface area contributed by atoms with E-state index in [9.17, 15) is 0 Å². The molecule has 1 aromatic carbocycles. The van der Waals surface area contributed by atoms with Crippen molar-refractivity contribution in [2.24, 2.45) is 11.1 Å². The molecule has 0 aliphatic heterocycles. The Morgan fingerprint density at radius 1 is 1.05 bits per heavy atom. The maximum atomic E-state index is 5.66. The number of rotatable bonds is 7. The fraction of sp³-hybridized carbons (Fsp3) is 0.647. The molecule has 108 valence electrons. The van der Waals surface area contributed by atoms with E-state index in [2.05, 4.69) is 64.2 Å². The van der Waals surface area contributed by atoms with Crippen molar-refractivity contribution in [2.45, 2.75) is 46.5 Å². The molecule has 0 saturated heterocycles. The van der Waals surface area contributed by atoms with Crippen molar-refractivity contribution in [3.63, 3.8) is 0 Å². The predicted octanol–water partition coefficient (Wildman–Crippen LogP) is 3.24. The van der Waals surface area contributed by atoms with Crippen LogP contribution in [0.5, 0.6) is 0 Å². The fourth-order valence-corrected chi connectivity index (χ4v) is 2.62. The molecule has 0 aromatic heterocycles. The molecule has 0 unspecified atom stereocenters. The number of benzene rings is 1. The topological polar surface area (TPSA) is 38.0 Å². The van der Waals surface area contributed by atoms with Crippen LogP contribution in [0.1, 0.15) is 45.2 Å². The molecule has 0 fully saturated rings. The van der Waals surface area contributed by atoms with Crippen molar-refractivity contribution in [1.82, 2.24) is 5.32 Å². The van der Waals surface area contributed by atoms with Crippen LogP contribution in [0, 0.1) is 12.3 Å². The van der Waals surface area contributed by atoms with E-state index in [4.69, 9.17) is 5.73 Å². The summed E-state index contributed by atoms with van der Waals surface area (Å²) in [5.74, 6) is 0. The Labute approximate surface area is 118 Å². The summed E-state index contributed by atoms with van der Waals surface area (Å²) in [6.45, 7) is 14.1. The van der Waals surface area contributed by atoms with Crippen LogP contribution in [0.2, 0.25) is 0 Å². The zero-order valence-electron chi connectivity index (χ0n) is 13.2. The average molecular weight is 262 g/mol. The SMILES string of the molecule is Cc1ccccc1C(C)(C)CNCC(C)(C)CCN. The molecule has 0 spiro atoms. The van der Waals surface area contributed by atoms with Crippen LogP contribution in [-0.2, 0) is 5.41 Å². The second kappa shape index (κ2) is 6.53. The van der Waals surface area contributed by atoms with Crippen molar-refractivity contribution < 1.29 is 0 Å². The number of nitrogens with two attached hydrogens (primary N) is 1. The van der Waals surface area contributed by atoms with Crippen LogP contribution in [0.3, 0.4) is 0 Å². The summed E-state index contributed by atoms with van der Waals surface area (Å²) < 4.78 is 0. The third kappa shape index (κ3) is 4.96. The highest BCUT2D eigenvalue weighted by molar-refractivity contribution is 5.32. The molecular weight excluding hydrogens is 232 g/mol. The molecule has 0 bridgehead atoms. The predicted molar refractivity (Wildman–Crippen MR) is 84.5 cm³/mol. The lowest BCUT2D eigenvalue weighted by Crippen LogP contribution is -2.39. The summed E-state index contributed by atoms with van der Waals surface area (Å²) in [7, 11) is 0. The quantitative estimate of drug-likeness (QED) is 0.791. The summed E-state index contributed by atoms with van der Waals surface area (Å²) in [6.07, 6.45) is 1.06. The molecule has 2 heteroatoms. The highest BCUT2D eigenvalue weighted by atomic mass is 14.9. The van der Waals surface area contributed by atoms with Crippen molar-refractivity contribution in [3.05, 3.63) is 35.4 Å². The summed E-state index contributed by atoms with van der Waals surface area (Å²) in [5, 5.41) is 3.62. The maximum Gasteiger partial charge on any atom is 0.00435 e. The minimum atomic E-state index is 0.157. The first-order valence-electron chi connectivity index (χ1n) is 7.25. The first kappa shape index (κ1) is 16.2. The molecule has 1 aromatic rings. The summed E-state index contributed by atoms with van der Waals surface area (Å²) in [6, 6.07) is 8.66. The number of aryl methyl sites for hydroxylation is 1. The third-order valence-corrected chi connectivity index (χ3v) is 3.87. The Morgan fingerprint density at radius 2 is 1.68 bits per heavy atom. The largest absolute Gasteiger partial charge is 0.330 e. The molecule has 0 radical (unpaired) electrons. The minimum Gasteiger partial charge on any atom is -0.330 e. The molecule has 1 rings (SSSR count). The Kier molecular flexibility index (Phi) is 5.57. The number of hydrogen-bond acceptors (Lipinski definition) is 2. The molecule has 0 saturated carbocycles. The van der Waals surface area contributed by atoms with Gasteiger partial charge in [0.1, 0.15) is 0 Å². The lowest BCUT2D eigenvalue weighted by Gasteiger charge is -2.31. The van der Waals surface area contributed by atoms with Crippen molar-refractivity contribution in [3.8, 4) is 0 Å². The molecule has 3 N–H and O–H groups in total. The van der Waals surface area contributed by atoms with E-state index in [0.29, 0.717) is 0 Å². The van der Waals surface area contributed by atoms with Gasteiger partial charge in [0.25, 0.3) is 0 Å². The summed E-state index contributed by atoms with van der Waals surface area (Å²) in [4.78, 5) is 0. The standard InChI is InChI=1S/C17H30N2/c1-14-8-6-7-9-15(14)17(4,5)13-19-12-16(2,3)10-11-18/h6-9,19H,10-13,18H2,1-5H3. The first-order valence-corrected chi connectivity index (χ1v) is 7.25. The zero-order valence-corrected chi connectivity index (χ0v) is 13.2. The van der Waals surface area contributed by atoms with Crippen LogP contribution < -0.4 is 11.1 Å². The van der Waals surface area contributed by atoms with E-state index >= 15 is 0 Å². The van der Waals surface area contributed by atoms with Crippen LogP contribution in [-0.4, -0.2) is 19.6 Å². The zero-order chi connectivity index (χ0) is 14.5. The smallest absolute Gasteiger partial charge is 0.00435 e. The Morgan fingerprint density at radius 3 is 2.26 bits per heavy atom. The van der Waals surface area contributed by atoms with Gasteiger partial charge in [0.05, 0.1) is 0 Å². The molecule has 0 amide bonds. The molecule has 2 nitrogen and oxygen atoms in total. The maximum absolute atomic E-state index is 5.66. The summed E-state index contributed by atoms with van der Waals surface area (Å²) >= 11 is 0. The highest BCUT2D eigenvalue weighted by Gasteiger charge is 2.23. The Balaban J connectivity index is 2.59. The van der Waals surface area contributed by atoms with Crippen molar-refractivity contribution in [2.75, 3.05) is 19.6 Å². The molecular formula is C17H30N2. The molecule has 0 aliphatic rings. The van der Waals surface area contributed by atoms with E-state index in [0.717, 1.165) is 26.1 Å². The second-order valence-electron chi connectivity index (χ2n) is 7.01. The van der Waals surface area contributed by atoms with Crippen LogP contribution >= 0.6 is 0 Å². The Hall–Kier alpha value is -0.860. The van der Waals surface area contributed by atoms with E-state index in [1.807, 2.05) is 0 Å². The van der Waals surface area contributed by atoms with E-state index < -0.39 is 0 Å². The minimum absolute atomic E-state index is 0.157. The molecule has 19 heavy (non-hydrogen) atoms. The van der Waals surface area contributed by atoms with Crippen molar-refractivity contribution >= 4 is 0 Å². The Bertz CT molecular complexity index is 394. The van der Waals surface area contributed by atoms with Crippen LogP contribution in [0.4, 0.5) is 0 Å². The lowest BCUT2D eigenvalue weighted by molar-refractivity contribution is 0.305. The normalized spacial score (nSPS) is 12.7. The number of nitrogens with one attached hydrogen (secondary N) is 1. The second-order valence-corrected chi connectivity index (χ2v) is 7.01. The van der Waals surface area contributed by atoms with Gasteiger partial charge in [-0.15, -0.1) is 0 Å². The van der Waals surface area contributed by atoms with Gasteiger partial charge in [-0.05, 0) is 36.4 Å². The van der Waals surface area contributed by atoms with Gasteiger partial charge >= 0.3 is 0 Å². The molecule has 0 atom stereocenters. The van der Waals surface area contributed by atoms with E-state index in [1.165, 1.54) is 11.1 Å². The highest BCUT2D eigenvalue weighted by Crippen LogP contribution is 2.26. The van der Waals surface area contributed by atoms with Crippen LogP contribution in [0.25, 0.3) is 0 Å². The van der Waals surface area contributed by atoms with Gasteiger partial charge < -0.3 is 11.1 Å². The third-order valence-electron chi connectivity index (χ3n) is 3.87. The van der Waals surface area contributed by atoms with E-state index in [1.54, 1.807) is 0 Å². The average Bonchev–Trinajstić information content (AvgIpc) is 2.28. The first-order chi connectivity index (χ1) is 8.78. The van der Waals surface area contributed by atoms with E-state index in [-0.39, 0.29) is 10.8 Å². The fourth-order valence-electron chi connectivity index (χ4n) is 2.62. The van der Waals surface area contributed by atoms with Crippen molar-refractivity contribution in [1.29, 1.82) is 0 Å². The van der Waals surface area contributed by atoms with Gasteiger partial charge in [0.2, 0.25) is 0 Å². The van der Waals surface area contributed by atoms with Gasteiger partial charge in [0.15, 0.2) is 0 Å². The summed E-state index contributed by atoms with van der Waals surface area (Å²) in [5.41, 5.74) is 8.89. The number of hydrogen-bond donors (Lipinski definition) is 2. The van der Waals surface area contributed by atoms with Gasteiger partial charge in [-0.2, -0.15) is 0 Å². The van der Waals surface area contributed by atoms with Gasteiger partial charge in [-0.3, -0.25) is 0 Å². The van der Waals surface area contributed by atoms with Crippen LogP contribution in [0.15, 0.2) is 24.3 Å². The molecule has 0 aliphatic carbocycles. The molecule has 0 heterocycles. The lowest BCUT2D eigenvalue weighted by atomic mass is 9.81.